The van der Waals surface area contributed by atoms with Crippen LogP contribution in [-0.4, -0.2) is 22.7 Å². The highest BCUT2D eigenvalue weighted by molar-refractivity contribution is 9.10. The third-order valence-electron chi connectivity index (χ3n) is 2.24. The van der Waals surface area contributed by atoms with Gasteiger partial charge in [-0.3, -0.25) is 0 Å². The molecule has 7 heteroatoms. The molecule has 2 rings (SSSR count). The van der Waals surface area contributed by atoms with Gasteiger partial charge in [0, 0.05) is 4.47 Å². The van der Waals surface area contributed by atoms with Gasteiger partial charge in [-0.1, -0.05) is 0 Å². The van der Waals surface area contributed by atoms with Gasteiger partial charge in [-0.2, -0.15) is 4.98 Å². The van der Waals surface area contributed by atoms with Crippen molar-refractivity contribution in [2.24, 2.45) is 0 Å². The molecule has 0 spiro atoms. The van der Waals surface area contributed by atoms with E-state index in [1.54, 1.807) is 6.92 Å². The maximum absolute atomic E-state index is 13.0. The molecule has 0 aliphatic rings. The summed E-state index contributed by atoms with van der Waals surface area (Å²) >= 11 is 3.17. The van der Waals surface area contributed by atoms with Gasteiger partial charge in [-0.15, -0.1) is 0 Å². The van der Waals surface area contributed by atoms with Crippen LogP contribution in [0.25, 0.3) is 11.5 Å². The van der Waals surface area contributed by atoms with Gasteiger partial charge in [0.25, 0.3) is 0 Å². The summed E-state index contributed by atoms with van der Waals surface area (Å²) in [5, 5.41) is 8.99. The van der Waals surface area contributed by atoms with E-state index in [2.05, 4.69) is 20.9 Å². The molecule has 1 N–H and O–H groups in total. The summed E-state index contributed by atoms with van der Waals surface area (Å²) in [6.45, 7) is 1.95. The third-order valence-corrected chi connectivity index (χ3v) is 2.89. The molecule has 0 fully saturated rings. The van der Waals surface area contributed by atoms with Crippen molar-refractivity contribution < 1.29 is 23.4 Å². The Kier molecular flexibility index (Phi) is 3.84. The van der Waals surface area contributed by atoms with Gasteiger partial charge >= 0.3 is 11.9 Å². The van der Waals surface area contributed by atoms with Crippen LogP contribution in [0.1, 0.15) is 17.4 Å². The molecule has 19 heavy (non-hydrogen) atoms. The van der Waals surface area contributed by atoms with E-state index < -0.39 is 11.8 Å². The molecule has 1 aromatic carbocycles. The summed E-state index contributed by atoms with van der Waals surface area (Å²) in [5.41, 5.74) is 0.128. The van der Waals surface area contributed by atoms with E-state index >= 15 is 0 Å². The van der Waals surface area contributed by atoms with Crippen LogP contribution < -0.4 is 4.74 Å². The van der Waals surface area contributed by atoms with Crippen molar-refractivity contribution in [3.8, 4) is 17.4 Å². The van der Waals surface area contributed by atoms with E-state index in [4.69, 9.17) is 14.3 Å². The zero-order chi connectivity index (χ0) is 14.0. The number of rotatable bonds is 4. The Balaban J connectivity index is 2.50. The monoisotopic (exact) mass is 329 g/mol. The van der Waals surface area contributed by atoms with Gasteiger partial charge in [0.05, 0.1) is 12.2 Å². The van der Waals surface area contributed by atoms with Crippen molar-refractivity contribution in [1.29, 1.82) is 0 Å². The topological polar surface area (TPSA) is 72.6 Å². The number of halogens is 2. The van der Waals surface area contributed by atoms with E-state index in [0.717, 1.165) is 0 Å². The number of hydrogen-bond acceptors (Lipinski definition) is 4. The molecular formula is C12H9BrFNO4. The molecule has 0 amide bonds. The zero-order valence-corrected chi connectivity index (χ0v) is 11.4. The van der Waals surface area contributed by atoms with Gasteiger partial charge in [-0.25, -0.2) is 9.18 Å². The number of aromatic nitrogens is 1. The molecule has 0 bridgehead atoms. The van der Waals surface area contributed by atoms with E-state index in [-0.39, 0.29) is 24.1 Å². The van der Waals surface area contributed by atoms with Crippen LogP contribution in [0, 0.1) is 5.82 Å². The molecule has 1 aromatic heterocycles. The number of oxazole rings is 1. The number of aromatic carboxylic acids is 1. The van der Waals surface area contributed by atoms with Crippen molar-refractivity contribution in [2.75, 3.05) is 6.61 Å². The lowest BCUT2D eigenvalue weighted by atomic mass is 10.2. The van der Waals surface area contributed by atoms with Crippen LogP contribution in [0.4, 0.5) is 4.39 Å². The highest BCUT2D eigenvalue weighted by atomic mass is 79.9. The zero-order valence-electron chi connectivity index (χ0n) is 9.81. The Hall–Kier alpha value is -1.89. The number of hydrogen-bond donors (Lipinski definition) is 1. The van der Waals surface area contributed by atoms with E-state index in [1.165, 1.54) is 18.2 Å². The molecule has 5 nitrogen and oxygen atoms in total. The highest BCUT2D eigenvalue weighted by Gasteiger charge is 2.22. The van der Waals surface area contributed by atoms with E-state index in [0.29, 0.717) is 10.0 Å². The van der Waals surface area contributed by atoms with Gasteiger partial charge in [0.15, 0.2) is 0 Å². The van der Waals surface area contributed by atoms with Gasteiger partial charge in [0.1, 0.15) is 5.82 Å². The van der Waals surface area contributed by atoms with Gasteiger partial charge < -0.3 is 14.3 Å². The molecule has 0 aliphatic heterocycles. The summed E-state index contributed by atoms with van der Waals surface area (Å²) in [6, 6.07) is 3.90. The lowest BCUT2D eigenvalue weighted by molar-refractivity contribution is 0.0683. The van der Waals surface area contributed by atoms with Gasteiger partial charge in [-0.05, 0) is 41.1 Å². The lowest BCUT2D eigenvalue weighted by Gasteiger charge is -1.99. The molecule has 0 radical (unpaired) electrons. The van der Waals surface area contributed by atoms with Crippen LogP contribution in [-0.2, 0) is 0 Å². The lowest BCUT2D eigenvalue weighted by Crippen LogP contribution is -2.01. The van der Waals surface area contributed by atoms with Crippen molar-refractivity contribution >= 4 is 21.9 Å². The van der Waals surface area contributed by atoms with E-state index in [1.807, 2.05) is 0 Å². The predicted octanol–water partition coefficient (Wildman–Crippen LogP) is 3.34. The Morgan fingerprint density at radius 3 is 2.89 bits per heavy atom. The second-order valence-electron chi connectivity index (χ2n) is 3.52. The molecule has 2 aromatic rings. The predicted molar refractivity (Wildman–Crippen MR) is 67.7 cm³/mol. The number of carboxylic acid groups (broad SMARTS) is 1. The van der Waals surface area contributed by atoms with Crippen LogP contribution in [0.3, 0.4) is 0 Å². The first-order chi connectivity index (χ1) is 9.02. The summed E-state index contributed by atoms with van der Waals surface area (Å²) < 4.78 is 23.7. The van der Waals surface area contributed by atoms with Crippen LogP contribution >= 0.6 is 15.9 Å². The molecule has 100 valence electrons. The minimum atomic E-state index is -1.25. The number of carboxylic acids is 1. The van der Waals surface area contributed by atoms with Gasteiger partial charge in [0.2, 0.25) is 11.6 Å². The maximum Gasteiger partial charge on any atom is 0.362 e. The fourth-order valence-electron chi connectivity index (χ4n) is 1.45. The van der Waals surface area contributed by atoms with Crippen molar-refractivity contribution in [3.63, 3.8) is 0 Å². The largest absolute Gasteiger partial charge is 0.476 e. The Morgan fingerprint density at radius 1 is 1.58 bits per heavy atom. The van der Waals surface area contributed by atoms with Crippen molar-refractivity contribution in [1.82, 2.24) is 4.98 Å². The molecule has 0 saturated carbocycles. The number of nitrogens with zero attached hydrogens (tertiary/aromatic N) is 1. The third kappa shape index (κ3) is 2.76. The molecule has 1 heterocycles. The van der Waals surface area contributed by atoms with Crippen LogP contribution in [0.5, 0.6) is 5.95 Å². The summed E-state index contributed by atoms with van der Waals surface area (Å²) in [7, 11) is 0. The minimum Gasteiger partial charge on any atom is -0.476 e. The first-order valence-corrected chi connectivity index (χ1v) is 6.14. The summed E-state index contributed by atoms with van der Waals surface area (Å²) in [4.78, 5) is 14.9. The quantitative estimate of drug-likeness (QED) is 0.931. The average Bonchev–Trinajstić information content (AvgIpc) is 2.73. The molecule has 0 aliphatic carbocycles. The number of benzene rings is 1. The molecular weight excluding hydrogens is 321 g/mol. The smallest absolute Gasteiger partial charge is 0.362 e. The van der Waals surface area contributed by atoms with E-state index in [9.17, 15) is 9.18 Å². The molecule has 0 saturated heterocycles. The fraction of sp³-hybridized carbons (Fsp3) is 0.167. The fourth-order valence-corrected chi connectivity index (χ4v) is 1.97. The number of carbonyl (C=O) groups is 1. The normalized spacial score (nSPS) is 10.5. The van der Waals surface area contributed by atoms with Crippen LogP contribution in [0.15, 0.2) is 27.1 Å². The highest BCUT2D eigenvalue weighted by Crippen LogP contribution is 2.32. The summed E-state index contributed by atoms with van der Waals surface area (Å²) in [6.07, 6.45) is 0. The van der Waals surface area contributed by atoms with Crippen molar-refractivity contribution in [3.05, 3.63) is 34.2 Å². The second-order valence-corrected chi connectivity index (χ2v) is 4.37. The Labute approximate surface area is 116 Å². The van der Waals surface area contributed by atoms with Crippen molar-refractivity contribution in [2.45, 2.75) is 6.92 Å². The average molecular weight is 330 g/mol. The Bertz CT molecular complexity index is 626. The maximum atomic E-state index is 13.0. The summed E-state index contributed by atoms with van der Waals surface area (Å²) in [5.74, 6) is -1.80. The first kappa shape index (κ1) is 13.5. The molecule has 0 atom stereocenters. The first-order valence-electron chi connectivity index (χ1n) is 5.35. The van der Waals surface area contributed by atoms with Crippen LogP contribution in [0.2, 0.25) is 0 Å². The second kappa shape index (κ2) is 5.40. The molecule has 0 unspecified atom stereocenters. The Morgan fingerprint density at radius 2 is 2.32 bits per heavy atom. The minimum absolute atomic E-state index is 0.0488. The number of ether oxygens (including phenoxy) is 1. The standard InChI is InChI=1S/C12H9BrFNO4/c1-2-18-12-9(11(16)17)15-10(19-12)7-4-3-6(14)5-8(7)13/h3-5H,2H2,1H3,(H,16,17). The SMILES string of the molecule is CCOc1oc(-c2ccc(F)cc2Br)nc1C(=O)O.